The number of anilines is 2. The second-order valence-corrected chi connectivity index (χ2v) is 6.24. The molecule has 0 unspecified atom stereocenters. The highest BCUT2D eigenvalue weighted by atomic mass is 35.5. The van der Waals surface area contributed by atoms with Gasteiger partial charge in [-0.2, -0.15) is 0 Å². The average molecular weight is 347 g/mol. The smallest absolute Gasteiger partial charge is 0.121 e. The minimum absolute atomic E-state index is 0.747. The standard InChI is InChI=1S/C20H27ClN2O/c1-2-3-4-5-14-24-20-11-7-10-19(16-20)23-13-12-22-18-9-6-8-17(21)15-18/h6-11,15-16,22-23H,2-5,12-14H2,1H3. The first kappa shape index (κ1) is 18.5. The Kier molecular flexibility index (Phi) is 8.33. The number of hydrogen-bond donors (Lipinski definition) is 2. The molecule has 0 spiro atoms. The zero-order chi connectivity index (χ0) is 17.0. The molecule has 2 aromatic rings. The monoisotopic (exact) mass is 346 g/mol. The summed E-state index contributed by atoms with van der Waals surface area (Å²) >= 11 is 5.97. The van der Waals surface area contributed by atoms with Gasteiger partial charge in [0.1, 0.15) is 5.75 Å². The zero-order valence-corrected chi connectivity index (χ0v) is 15.1. The van der Waals surface area contributed by atoms with Crippen molar-refractivity contribution >= 4 is 23.0 Å². The summed E-state index contributed by atoms with van der Waals surface area (Å²) < 4.78 is 5.81. The number of nitrogens with one attached hydrogen (secondary N) is 2. The molecule has 4 heteroatoms. The van der Waals surface area contributed by atoms with Crippen LogP contribution in [0, 0.1) is 0 Å². The molecule has 0 radical (unpaired) electrons. The Labute approximate surface area is 150 Å². The maximum atomic E-state index is 5.97. The van der Waals surface area contributed by atoms with E-state index >= 15 is 0 Å². The molecule has 0 amide bonds. The Morgan fingerprint density at radius 2 is 1.58 bits per heavy atom. The summed E-state index contributed by atoms with van der Waals surface area (Å²) in [4.78, 5) is 0. The highest BCUT2D eigenvalue weighted by molar-refractivity contribution is 6.30. The number of benzene rings is 2. The van der Waals surface area contributed by atoms with Gasteiger partial charge >= 0.3 is 0 Å². The molecule has 130 valence electrons. The Morgan fingerprint density at radius 1 is 0.875 bits per heavy atom. The molecule has 0 saturated heterocycles. The van der Waals surface area contributed by atoms with Gasteiger partial charge in [-0.05, 0) is 36.8 Å². The van der Waals surface area contributed by atoms with Gasteiger partial charge < -0.3 is 15.4 Å². The molecular formula is C20H27ClN2O. The molecule has 0 aromatic heterocycles. The quantitative estimate of drug-likeness (QED) is 0.503. The molecule has 0 aliphatic heterocycles. The van der Waals surface area contributed by atoms with E-state index in [1.54, 1.807) is 0 Å². The van der Waals surface area contributed by atoms with Crippen molar-refractivity contribution in [1.82, 2.24) is 0 Å². The Morgan fingerprint density at radius 3 is 2.29 bits per heavy atom. The highest BCUT2D eigenvalue weighted by Gasteiger charge is 1.98. The van der Waals surface area contributed by atoms with Crippen molar-refractivity contribution in [2.45, 2.75) is 32.6 Å². The van der Waals surface area contributed by atoms with Gasteiger partial charge in [-0.25, -0.2) is 0 Å². The summed E-state index contributed by atoms with van der Waals surface area (Å²) in [7, 11) is 0. The fraction of sp³-hybridized carbons (Fsp3) is 0.400. The van der Waals surface area contributed by atoms with E-state index in [1.165, 1.54) is 19.3 Å². The van der Waals surface area contributed by atoms with Crippen LogP contribution in [0.4, 0.5) is 11.4 Å². The Hall–Kier alpha value is -1.87. The predicted molar refractivity (Wildman–Crippen MR) is 105 cm³/mol. The highest BCUT2D eigenvalue weighted by Crippen LogP contribution is 2.18. The third kappa shape index (κ3) is 7.14. The third-order valence-corrected chi connectivity index (χ3v) is 3.94. The van der Waals surface area contributed by atoms with Gasteiger partial charge in [0.2, 0.25) is 0 Å². The van der Waals surface area contributed by atoms with Crippen molar-refractivity contribution in [2.75, 3.05) is 30.3 Å². The van der Waals surface area contributed by atoms with Crippen molar-refractivity contribution in [3.63, 3.8) is 0 Å². The van der Waals surface area contributed by atoms with E-state index in [0.29, 0.717) is 0 Å². The van der Waals surface area contributed by atoms with Gasteiger partial charge in [-0.3, -0.25) is 0 Å². The van der Waals surface area contributed by atoms with E-state index in [1.807, 2.05) is 36.4 Å². The molecule has 0 saturated carbocycles. The van der Waals surface area contributed by atoms with Gasteiger partial charge in [0, 0.05) is 35.6 Å². The van der Waals surface area contributed by atoms with Crippen LogP contribution in [0.15, 0.2) is 48.5 Å². The second-order valence-electron chi connectivity index (χ2n) is 5.80. The Balaban J connectivity index is 1.68. The van der Waals surface area contributed by atoms with E-state index < -0.39 is 0 Å². The number of hydrogen-bond acceptors (Lipinski definition) is 3. The lowest BCUT2D eigenvalue weighted by atomic mass is 10.2. The lowest BCUT2D eigenvalue weighted by molar-refractivity contribution is 0.305. The fourth-order valence-corrected chi connectivity index (χ4v) is 2.62. The lowest BCUT2D eigenvalue weighted by Gasteiger charge is -2.11. The van der Waals surface area contributed by atoms with Gasteiger partial charge in [-0.15, -0.1) is 0 Å². The molecule has 0 atom stereocenters. The SMILES string of the molecule is CCCCCCOc1cccc(NCCNc2cccc(Cl)c2)c1. The van der Waals surface area contributed by atoms with Crippen LogP contribution in [0.2, 0.25) is 5.02 Å². The van der Waals surface area contributed by atoms with Crippen molar-refractivity contribution in [2.24, 2.45) is 0 Å². The van der Waals surface area contributed by atoms with Crippen LogP contribution in [0.1, 0.15) is 32.6 Å². The van der Waals surface area contributed by atoms with Gasteiger partial charge in [0.05, 0.1) is 6.61 Å². The zero-order valence-electron chi connectivity index (χ0n) is 14.4. The Bertz CT molecular complexity index is 604. The van der Waals surface area contributed by atoms with E-state index in [2.05, 4.69) is 29.7 Å². The minimum Gasteiger partial charge on any atom is -0.494 e. The summed E-state index contributed by atoms with van der Waals surface area (Å²) in [6.07, 6.45) is 4.89. The minimum atomic E-state index is 0.747. The maximum absolute atomic E-state index is 5.97. The number of halogens is 1. The molecule has 3 nitrogen and oxygen atoms in total. The first-order chi connectivity index (χ1) is 11.8. The van der Waals surface area contributed by atoms with Crippen LogP contribution in [-0.4, -0.2) is 19.7 Å². The molecule has 0 bridgehead atoms. The number of ether oxygens (including phenoxy) is 1. The van der Waals surface area contributed by atoms with Crippen LogP contribution in [0.5, 0.6) is 5.75 Å². The summed E-state index contributed by atoms with van der Waals surface area (Å²) in [6, 6.07) is 15.9. The molecule has 0 aliphatic rings. The largest absolute Gasteiger partial charge is 0.494 e. The van der Waals surface area contributed by atoms with Crippen molar-refractivity contribution < 1.29 is 4.74 Å². The summed E-state index contributed by atoms with van der Waals surface area (Å²) in [5.41, 5.74) is 2.11. The predicted octanol–water partition coefficient (Wildman–Crippen LogP) is 5.82. The molecule has 0 aliphatic carbocycles. The fourth-order valence-electron chi connectivity index (χ4n) is 2.43. The van der Waals surface area contributed by atoms with Crippen LogP contribution in [0.3, 0.4) is 0 Å². The molecule has 24 heavy (non-hydrogen) atoms. The topological polar surface area (TPSA) is 33.3 Å². The van der Waals surface area contributed by atoms with E-state index in [9.17, 15) is 0 Å². The summed E-state index contributed by atoms with van der Waals surface area (Å²) in [6.45, 7) is 4.66. The third-order valence-electron chi connectivity index (χ3n) is 3.71. The van der Waals surface area contributed by atoms with Gasteiger partial charge in [0.25, 0.3) is 0 Å². The van der Waals surface area contributed by atoms with Crippen LogP contribution in [0.25, 0.3) is 0 Å². The molecule has 2 rings (SSSR count). The molecule has 2 N–H and O–H groups in total. The molecule has 0 heterocycles. The van der Waals surface area contributed by atoms with Crippen molar-refractivity contribution in [1.29, 1.82) is 0 Å². The molecule has 2 aromatic carbocycles. The first-order valence-electron chi connectivity index (χ1n) is 8.74. The van der Waals surface area contributed by atoms with E-state index in [4.69, 9.17) is 16.3 Å². The van der Waals surface area contributed by atoms with Crippen LogP contribution in [-0.2, 0) is 0 Å². The van der Waals surface area contributed by atoms with E-state index in [0.717, 1.165) is 48.3 Å². The summed E-state index contributed by atoms with van der Waals surface area (Å²) in [5, 5.41) is 7.50. The normalized spacial score (nSPS) is 10.4. The summed E-state index contributed by atoms with van der Waals surface area (Å²) in [5.74, 6) is 0.930. The number of unbranched alkanes of at least 4 members (excludes halogenated alkanes) is 3. The second kappa shape index (κ2) is 10.8. The van der Waals surface area contributed by atoms with E-state index in [-0.39, 0.29) is 0 Å². The lowest BCUT2D eigenvalue weighted by Crippen LogP contribution is -2.13. The van der Waals surface area contributed by atoms with Crippen LogP contribution >= 0.6 is 11.6 Å². The average Bonchev–Trinajstić information content (AvgIpc) is 2.59. The number of rotatable bonds is 11. The van der Waals surface area contributed by atoms with Crippen molar-refractivity contribution in [3.8, 4) is 5.75 Å². The molecular weight excluding hydrogens is 320 g/mol. The van der Waals surface area contributed by atoms with Gasteiger partial charge in [0.15, 0.2) is 0 Å². The van der Waals surface area contributed by atoms with Gasteiger partial charge in [-0.1, -0.05) is 49.9 Å². The maximum Gasteiger partial charge on any atom is 0.121 e. The van der Waals surface area contributed by atoms with Crippen LogP contribution < -0.4 is 15.4 Å². The molecule has 0 fully saturated rings. The first-order valence-corrected chi connectivity index (χ1v) is 9.12. The van der Waals surface area contributed by atoms with Crippen molar-refractivity contribution in [3.05, 3.63) is 53.6 Å².